The van der Waals surface area contributed by atoms with Crippen LogP contribution in [0.5, 0.6) is 5.75 Å². The van der Waals surface area contributed by atoms with E-state index in [1.54, 1.807) is 11.6 Å². The molecule has 3 aromatic rings. The number of aryl methyl sites for hydroxylation is 1. The van der Waals surface area contributed by atoms with Crippen molar-refractivity contribution in [1.82, 2.24) is 14.6 Å². The van der Waals surface area contributed by atoms with E-state index in [1.807, 2.05) is 36.4 Å². The Bertz CT molecular complexity index is 782. The van der Waals surface area contributed by atoms with E-state index in [-0.39, 0.29) is 0 Å². The highest BCUT2D eigenvalue weighted by Crippen LogP contribution is 2.25. The van der Waals surface area contributed by atoms with Crippen LogP contribution in [0.25, 0.3) is 16.9 Å². The van der Waals surface area contributed by atoms with Crippen molar-refractivity contribution in [2.24, 2.45) is 0 Å². The largest absolute Gasteiger partial charge is 0.497 e. The van der Waals surface area contributed by atoms with Crippen LogP contribution in [0.2, 0.25) is 5.15 Å². The molecule has 3 rings (SSSR count). The van der Waals surface area contributed by atoms with Crippen molar-refractivity contribution in [3.8, 4) is 17.0 Å². The summed E-state index contributed by atoms with van der Waals surface area (Å²) in [5, 5.41) is 5.11. The fraction of sp³-hybridized carbons (Fsp3) is 0.250. The average Bonchev–Trinajstić information content (AvgIpc) is 2.92. The quantitative estimate of drug-likeness (QED) is 0.684. The van der Waals surface area contributed by atoms with Crippen LogP contribution in [0.4, 0.5) is 0 Å². The van der Waals surface area contributed by atoms with E-state index < -0.39 is 0 Å². The zero-order valence-electron chi connectivity index (χ0n) is 12.0. The first-order valence-electron chi connectivity index (χ1n) is 6.91. The van der Waals surface area contributed by atoms with Gasteiger partial charge in [-0.2, -0.15) is 5.10 Å². The van der Waals surface area contributed by atoms with Crippen LogP contribution >= 0.6 is 11.6 Å². The zero-order chi connectivity index (χ0) is 14.8. The van der Waals surface area contributed by atoms with Gasteiger partial charge in [-0.15, -0.1) is 0 Å². The molecule has 108 valence electrons. The van der Waals surface area contributed by atoms with Gasteiger partial charge >= 0.3 is 0 Å². The Morgan fingerprint density at radius 3 is 2.86 bits per heavy atom. The summed E-state index contributed by atoms with van der Waals surface area (Å²) >= 11 is 6.29. The highest BCUT2D eigenvalue weighted by Gasteiger charge is 2.10. The van der Waals surface area contributed by atoms with Gasteiger partial charge in [0.05, 0.1) is 12.8 Å². The molecule has 0 aliphatic carbocycles. The third-order valence-electron chi connectivity index (χ3n) is 3.31. The fourth-order valence-corrected chi connectivity index (χ4v) is 2.54. The van der Waals surface area contributed by atoms with Crippen LogP contribution in [0, 0.1) is 0 Å². The van der Waals surface area contributed by atoms with Gasteiger partial charge in [0, 0.05) is 17.3 Å². The highest BCUT2D eigenvalue weighted by atomic mass is 35.5. The van der Waals surface area contributed by atoms with Crippen molar-refractivity contribution in [2.45, 2.75) is 19.8 Å². The van der Waals surface area contributed by atoms with Gasteiger partial charge in [-0.25, -0.2) is 9.50 Å². The molecule has 0 spiro atoms. The van der Waals surface area contributed by atoms with E-state index in [0.717, 1.165) is 41.2 Å². The normalized spacial score (nSPS) is 11.0. The molecule has 0 saturated carbocycles. The van der Waals surface area contributed by atoms with E-state index in [9.17, 15) is 0 Å². The smallest absolute Gasteiger partial charge is 0.157 e. The van der Waals surface area contributed by atoms with Crippen molar-refractivity contribution in [3.63, 3.8) is 0 Å². The van der Waals surface area contributed by atoms with Crippen LogP contribution in [0.3, 0.4) is 0 Å². The van der Waals surface area contributed by atoms with Crippen molar-refractivity contribution in [2.75, 3.05) is 7.11 Å². The number of nitrogens with zero attached hydrogens (tertiary/aromatic N) is 3. The first-order valence-corrected chi connectivity index (χ1v) is 7.28. The Balaban J connectivity index is 2.09. The Morgan fingerprint density at radius 2 is 2.10 bits per heavy atom. The maximum atomic E-state index is 6.29. The maximum Gasteiger partial charge on any atom is 0.157 e. The summed E-state index contributed by atoms with van der Waals surface area (Å²) in [5.41, 5.74) is 3.57. The molecule has 0 saturated heterocycles. The number of ether oxygens (including phenoxy) is 1. The monoisotopic (exact) mass is 301 g/mol. The molecule has 0 fully saturated rings. The Labute approximate surface area is 128 Å². The van der Waals surface area contributed by atoms with Gasteiger partial charge in [-0.05, 0) is 24.6 Å². The van der Waals surface area contributed by atoms with E-state index in [2.05, 4.69) is 17.0 Å². The van der Waals surface area contributed by atoms with Gasteiger partial charge in [-0.1, -0.05) is 37.1 Å². The van der Waals surface area contributed by atoms with Gasteiger partial charge in [-0.3, -0.25) is 0 Å². The third-order valence-corrected chi connectivity index (χ3v) is 3.58. The summed E-state index contributed by atoms with van der Waals surface area (Å²) in [6.45, 7) is 2.12. The fourth-order valence-electron chi connectivity index (χ4n) is 2.29. The lowest BCUT2D eigenvalue weighted by atomic mass is 10.1. The highest BCUT2D eigenvalue weighted by molar-refractivity contribution is 6.29. The molecule has 2 heterocycles. The van der Waals surface area contributed by atoms with Crippen LogP contribution in [0.15, 0.2) is 36.4 Å². The molecule has 21 heavy (non-hydrogen) atoms. The number of methoxy groups -OCH3 is 1. The lowest BCUT2D eigenvalue weighted by Crippen LogP contribution is -1.97. The van der Waals surface area contributed by atoms with Crippen molar-refractivity contribution < 1.29 is 4.74 Å². The molecular formula is C16H16ClN3O. The number of benzene rings is 1. The van der Waals surface area contributed by atoms with Crippen LogP contribution in [-0.2, 0) is 6.42 Å². The van der Waals surface area contributed by atoms with Crippen LogP contribution in [0.1, 0.15) is 19.0 Å². The van der Waals surface area contributed by atoms with Gasteiger partial charge < -0.3 is 4.74 Å². The first-order chi connectivity index (χ1) is 10.2. The molecule has 0 radical (unpaired) electrons. The van der Waals surface area contributed by atoms with E-state index in [1.165, 1.54) is 0 Å². The minimum Gasteiger partial charge on any atom is -0.497 e. The number of fused-ring (bicyclic) bond motifs is 1. The standard InChI is InChI=1S/C16H16ClN3O/c1-3-5-12-9-15(17)20-16(18-12)10-14(19-20)11-6-4-7-13(8-11)21-2/h4,6-10H,3,5H2,1-2H3. The minimum atomic E-state index is 0.581. The van der Waals surface area contributed by atoms with E-state index in [4.69, 9.17) is 16.3 Å². The molecule has 0 aliphatic rings. The second-order valence-electron chi connectivity index (χ2n) is 4.85. The number of hydrogen-bond donors (Lipinski definition) is 0. The Morgan fingerprint density at radius 1 is 1.24 bits per heavy atom. The molecule has 4 nitrogen and oxygen atoms in total. The lowest BCUT2D eigenvalue weighted by molar-refractivity contribution is 0.415. The molecule has 1 aromatic carbocycles. The number of rotatable bonds is 4. The summed E-state index contributed by atoms with van der Waals surface area (Å²) in [6.07, 6.45) is 1.95. The van der Waals surface area contributed by atoms with Gasteiger partial charge in [0.2, 0.25) is 0 Å². The summed E-state index contributed by atoms with van der Waals surface area (Å²) in [6, 6.07) is 11.6. The summed E-state index contributed by atoms with van der Waals surface area (Å²) in [4.78, 5) is 4.60. The zero-order valence-corrected chi connectivity index (χ0v) is 12.8. The summed E-state index contributed by atoms with van der Waals surface area (Å²) in [5.74, 6) is 0.801. The molecule has 2 aromatic heterocycles. The van der Waals surface area contributed by atoms with Gasteiger partial charge in [0.15, 0.2) is 5.65 Å². The number of aromatic nitrogens is 3. The topological polar surface area (TPSA) is 39.4 Å². The number of halogens is 1. The summed E-state index contributed by atoms with van der Waals surface area (Å²) in [7, 11) is 1.65. The van der Waals surface area contributed by atoms with Crippen LogP contribution < -0.4 is 4.74 Å². The van der Waals surface area contributed by atoms with E-state index >= 15 is 0 Å². The molecule has 0 bridgehead atoms. The molecular weight excluding hydrogens is 286 g/mol. The predicted molar refractivity (Wildman–Crippen MR) is 84.0 cm³/mol. The molecule has 0 unspecified atom stereocenters. The molecule has 0 N–H and O–H groups in total. The predicted octanol–water partition coefficient (Wildman–Crippen LogP) is 4.01. The van der Waals surface area contributed by atoms with Crippen molar-refractivity contribution in [1.29, 1.82) is 0 Å². The lowest BCUT2D eigenvalue weighted by Gasteiger charge is -2.01. The average molecular weight is 302 g/mol. The number of hydrogen-bond acceptors (Lipinski definition) is 3. The molecule has 0 aliphatic heterocycles. The molecule has 0 atom stereocenters. The SMILES string of the molecule is CCCc1cc(Cl)n2nc(-c3cccc(OC)c3)cc2n1. The first kappa shape index (κ1) is 13.9. The second-order valence-corrected chi connectivity index (χ2v) is 5.24. The summed E-state index contributed by atoms with van der Waals surface area (Å²) < 4.78 is 6.91. The Kier molecular flexibility index (Phi) is 3.80. The van der Waals surface area contributed by atoms with Crippen molar-refractivity contribution in [3.05, 3.63) is 47.2 Å². The van der Waals surface area contributed by atoms with Crippen molar-refractivity contribution >= 4 is 17.2 Å². The van der Waals surface area contributed by atoms with Gasteiger partial charge in [0.25, 0.3) is 0 Å². The minimum absolute atomic E-state index is 0.581. The van der Waals surface area contributed by atoms with Gasteiger partial charge in [0.1, 0.15) is 10.9 Å². The second kappa shape index (κ2) is 5.74. The Hall–Kier alpha value is -2.07. The maximum absolute atomic E-state index is 6.29. The van der Waals surface area contributed by atoms with E-state index in [0.29, 0.717) is 5.15 Å². The third kappa shape index (κ3) is 2.72. The molecule has 0 amide bonds. The van der Waals surface area contributed by atoms with Crippen LogP contribution in [-0.4, -0.2) is 21.7 Å². The molecule has 5 heteroatoms.